The highest BCUT2D eigenvalue weighted by Crippen LogP contribution is 2.38. The molecule has 0 bridgehead atoms. The summed E-state index contributed by atoms with van der Waals surface area (Å²) in [7, 11) is 3.26. The van der Waals surface area contributed by atoms with Crippen LogP contribution in [0.15, 0.2) is 17.5 Å². The summed E-state index contributed by atoms with van der Waals surface area (Å²) in [6, 6.07) is 3.79. The average Bonchev–Trinajstić information content (AvgIpc) is 2.58. The van der Waals surface area contributed by atoms with Crippen LogP contribution in [-0.2, 0) is 0 Å². The molecule has 0 amide bonds. The van der Waals surface area contributed by atoms with Gasteiger partial charge in [-0.1, -0.05) is 11.6 Å². The van der Waals surface area contributed by atoms with Gasteiger partial charge in [-0.3, -0.25) is 0 Å². The largest absolute Gasteiger partial charge is 0.495 e. The molecule has 14 heavy (non-hydrogen) atoms. The van der Waals surface area contributed by atoms with Gasteiger partial charge in [-0.25, -0.2) is 0 Å². The molecule has 0 aliphatic carbocycles. The highest BCUT2D eigenvalue weighted by Gasteiger charge is 2.08. The molecule has 4 heteroatoms. The number of hydrogen-bond donors (Lipinski definition) is 0. The lowest BCUT2D eigenvalue weighted by Crippen LogP contribution is -1.84. The first-order valence-corrected chi connectivity index (χ1v) is 5.30. The molecule has 2 rings (SSSR count). The van der Waals surface area contributed by atoms with E-state index in [2.05, 4.69) is 0 Å². The lowest BCUT2D eigenvalue weighted by atomic mass is 10.2. The molecule has 0 N–H and O–H groups in total. The zero-order valence-corrected chi connectivity index (χ0v) is 9.41. The molecule has 0 fully saturated rings. The van der Waals surface area contributed by atoms with E-state index in [-0.39, 0.29) is 0 Å². The van der Waals surface area contributed by atoms with E-state index in [9.17, 15) is 0 Å². The SMILES string of the molecule is COc1cc2c(OC)csc2cc1Cl. The zero-order chi connectivity index (χ0) is 10.1. The highest BCUT2D eigenvalue weighted by atomic mass is 35.5. The predicted octanol–water partition coefficient (Wildman–Crippen LogP) is 3.57. The summed E-state index contributed by atoms with van der Waals surface area (Å²) in [5.74, 6) is 1.54. The summed E-state index contributed by atoms with van der Waals surface area (Å²) >= 11 is 7.60. The molecule has 0 spiro atoms. The summed E-state index contributed by atoms with van der Waals surface area (Å²) in [6.45, 7) is 0. The maximum absolute atomic E-state index is 6.00. The minimum absolute atomic E-state index is 0.629. The number of thiophene rings is 1. The van der Waals surface area contributed by atoms with Crippen molar-refractivity contribution in [2.75, 3.05) is 14.2 Å². The van der Waals surface area contributed by atoms with Crippen LogP contribution in [0.1, 0.15) is 0 Å². The van der Waals surface area contributed by atoms with Crippen molar-refractivity contribution in [2.24, 2.45) is 0 Å². The maximum Gasteiger partial charge on any atom is 0.138 e. The zero-order valence-electron chi connectivity index (χ0n) is 7.83. The number of methoxy groups -OCH3 is 2. The third-order valence-corrected chi connectivity index (χ3v) is 3.25. The van der Waals surface area contributed by atoms with Crippen molar-refractivity contribution in [3.63, 3.8) is 0 Å². The lowest BCUT2D eigenvalue weighted by Gasteiger charge is -2.03. The summed E-state index contributed by atoms with van der Waals surface area (Å²) in [4.78, 5) is 0. The van der Waals surface area contributed by atoms with Gasteiger partial charge in [0, 0.05) is 15.5 Å². The second-order valence-electron chi connectivity index (χ2n) is 2.79. The predicted molar refractivity (Wildman–Crippen MR) is 59.9 cm³/mol. The van der Waals surface area contributed by atoms with Gasteiger partial charge in [0.05, 0.1) is 19.2 Å². The number of halogens is 1. The van der Waals surface area contributed by atoms with Gasteiger partial charge in [0.25, 0.3) is 0 Å². The fourth-order valence-corrected chi connectivity index (χ4v) is 2.56. The van der Waals surface area contributed by atoms with E-state index in [1.807, 2.05) is 17.5 Å². The fraction of sp³-hybridized carbons (Fsp3) is 0.200. The van der Waals surface area contributed by atoms with Gasteiger partial charge in [-0.2, -0.15) is 0 Å². The molecule has 1 aromatic heterocycles. The molecule has 2 nitrogen and oxygen atoms in total. The van der Waals surface area contributed by atoms with Crippen LogP contribution in [0, 0.1) is 0 Å². The Morgan fingerprint density at radius 3 is 2.50 bits per heavy atom. The van der Waals surface area contributed by atoms with Gasteiger partial charge in [-0.15, -0.1) is 11.3 Å². The van der Waals surface area contributed by atoms with Crippen molar-refractivity contribution in [3.8, 4) is 11.5 Å². The smallest absolute Gasteiger partial charge is 0.138 e. The van der Waals surface area contributed by atoms with Crippen LogP contribution in [0.4, 0.5) is 0 Å². The van der Waals surface area contributed by atoms with Gasteiger partial charge in [-0.05, 0) is 12.1 Å². The monoisotopic (exact) mass is 228 g/mol. The van der Waals surface area contributed by atoms with Gasteiger partial charge in [0.15, 0.2) is 0 Å². The number of hydrogen-bond acceptors (Lipinski definition) is 3. The molecule has 74 valence electrons. The second-order valence-corrected chi connectivity index (χ2v) is 4.11. The van der Waals surface area contributed by atoms with Gasteiger partial charge >= 0.3 is 0 Å². The van der Waals surface area contributed by atoms with Crippen molar-refractivity contribution < 1.29 is 9.47 Å². The number of benzene rings is 1. The van der Waals surface area contributed by atoms with Crippen LogP contribution < -0.4 is 9.47 Å². The average molecular weight is 229 g/mol. The first kappa shape index (κ1) is 9.62. The van der Waals surface area contributed by atoms with E-state index in [0.29, 0.717) is 10.8 Å². The Hall–Kier alpha value is -0.930. The van der Waals surface area contributed by atoms with Crippen LogP contribution in [0.3, 0.4) is 0 Å². The molecule has 2 aromatic rings. The molecule has 0 aliphatic rings. The van der Waals surface area contributed by atoms with E-state index < -0.39 is 0 Å². The van der Waals surface area contributed by atoms with Crippen LogP contribution in [0.2, 0.25) is 5.02 Å². The molecular weight excluding hydrogens is 220 g/mol. The van der Waals surface area contributed by atoms with Crippen LogP contribution in [0.25, 0.3) is 10.1 Å². The van der Waals surface area contributed by atoms with Crippen molar-refractivity contribution in [3.05, 3.63) is 22.5 Å². The number of rotatable bonds is 2. The Bertz CT molecular complexity index is 464. The van der Waals surface area contributed by atoms with E-state index in [0.717, 1.165) is 15.8 Å². The standard InChI is InChI=1S/C10H9ClO2S/c1-12-8-3-6-9(13-2)5-14-10(6)4-7(8)11/h3-5H,1-2H3. The van der Waals surface area contributed by atoms with E-state index in [1.165, 1.54) is 0 Å². The fourth-order valence-electron chi connectivity index (χ4n) is 1.32. The Morgan fingerprint density at radius 1 is 1.14 bits per heavy atom. The minimum atomic E-state index is 0.629. The minimum Gasteiger partial charge on any atom is -0.495 e. The summed E-state index contributed by atoms with van der Waals surface area (Å²) < 4.78 is 11.5. The number of fused-ring (bicyclic) bond motifs is 1. The van der Waals surface area contributed by atoms with Gasteiger partial charge < -0.3 is 9.47 Å². The maximum atomic E-state index is 6.00. The number of ether oxygens (including phenoxy) is 2. The molecule has 0 unspecified atom stereocenters. The lowest BCUT2D eigenvalue weighted by molar-refractivity contribution is 0.413. The van der Waals surface area contributed by atoms with Crippen molar-refractivity contribution >= 4 is 33.0 Å². The van der Waals surface area contributed by atoms with Crippen LogP contribution >= 0.6 is 22.9 Å². The van der Waals surface area contributed by atoms with Crippen LogP contribution in [-0.4, -0.2) is 14.2 Å². The molecule has 0 saturated heterocycles. The Morgan fingerprint density at radius 2 is 1.86 bits per heavy atom. The van der Waals surface area contributed by atoms with E-state index in [4.69, 9.17) is 21.1 Å². The molecular formula is C10H9ClO2S. The van der Waals surface area contributed by atoms with Crippen molar-refractivity contribution in [1.29, 1.82) is 0 Å². The molecule has 1 heterocycles. The third kappa shape index (κ3) is 1.42. The van der Waals surface area contributed by atoms with Crippen molar-refractivity contribution in [2.45, 2.75) is 0 Å². The van der Waals surface area contributed by atoms with E-state index in [1.54, 1.807) is 25.6 Å². The summed E-state index contributed by atoms with van der Waals surface area (Å²) in [5.41, 5.74) is 0. The second kappa shape index (κ2) is 3.67. The highest BCUT2D eigenvalue weighted by molar-refractivity contribution is 7.17. The topological polar surface area (TPSA) is 18.5 Å². The normalized spacial score (nSPS) is 10.5. The van der Waals surface area contributed by atoms with E-state index >= 15 is 0 Å². The Kier molecular flexibility index (Phi) is 2.52. The van der Waals surface area contributed by atoms with Crippen molar-refractivity contribution in [1.82, 2.24) is 0 Å². The first-order valence-electron chi connectivity index (χ1n) is 4.05. The quantitative estimate of drug-likeness (QED) is 0.783. The van der Waals surface area contributed by atoms with Gasteiger partial charge in [0.2, 0.25) is 0 Å². The Labute approximate surface area is 91.0 Å². The first-order chi connectivity index (χ1) is 6.76. The summed E-state index contributed by atoms with van der Waals surface area (Å²) in [5, 5.41) is 3.63. The molecule has 0 atom stereocenters. The Balaban J connectivity index is 2.70. The molecule has 0 aliphatic heterocycles. The molecule has 0 radical (unpaired) electrons. The molecule has 0 saturated carbocycles. The van der Waals surface area contributed by atoms with Crippen LogP contribution in [0.5, 0.6) is 11.5 Å². The van der Waals surface area contributed by atoms with Gasteiger partial charge in [0.1, 0.15) is 11.5 Å². The summed E-state index contributed by atoms with van der Waals surface area (Å²) in [6.07, 6.45) is 0. The third-order valence-electron chi connectivity index (χ3n) is 2.03. The molecule has 1 aromatic carbocycles.